The quantitative estimate of drug-likeness (QED) is 0.788. The second-order valence-corrected chi connectivity index (χ2v) is 4.54. The first-order valence-electron chi connectivity index (χ1n) is 5.84. The van der Waals surface area contributed by atoms with E-state index in [2.05, 4.69) is 10.3 Å². The summed E-state index contributed by atoms with van der Waals surface area (Å²) >= 11 is 0. The average molecular weight is 305 g/mol. The lowest BCUT2D eigenvalue weighted by Crippen LogP contribution is -2.63. The Bertz CT molecular complexity index is 531. The van der Waals surface area contributed by atoms with Crippen LogP contribution in [-0.4, -0.2) is 33.8 Å². The molecule has 1 heterocycles. The molecule has 0 radical (unpaired) electrons. The smallest absolute Gasteiger partial charge is 0.422 e. The fourth-order valence-electron chi connectivity index (χ4n) is 1.30. The van der Waals surface area contributed by atoms with Gasteiger partial charge in [-0.15, -0.1) is 0 Å². The Kier molecular flexibility index (Phi) is 4.77. The van der Waals surface area contributed by atoms with Crippen LogP contribution < -0.4 is 10.6 Å². The molecule has 0 spiro atoms. The van der Waals surface area contributed by atoms with Crippen LogP contribution in [0.15, 0.2) is 18.3 Å². The lowest BCUT2D eigenvalue weighted by Gasteiger charge is -2.28. The molecule has 0 saturated heterocycles. The van der Waals surface area contributed by atoms with Gasteiger partial charge < -0.3 is 15.7 Å². The minimum Gasteiger partial charge on any atom is -0.479 e. The molecule has 1 rings (SSSR count). The number of carbonyl (C=O) groups is 2. The monoisotopic (exact) mass is 305 g/mol. The number of carboxylic acid groups (broad SMARTS) is 1. The van der Waals surface area contributed by atoms with Crippen molar-refractivity contribution in [2.75, 3.05) is 0 Å². The first-order valence-corrected chi connectivity index (χ1v) is 5.84. The normalized spacial score (nSPS) is 14.1. The van der Waals surface area contributed by atoms with Gasteiger partial charge in [-0.05, 0) is 25.5 Å². The van der Waals surface area contributed by atoms with Crippen LogP contribution in [0.5, 0.6) is 0 Å². The SMILES string of the molecule is Cc1ccc(CNC(=O)NC(C)(C(=O)O)C(F)(F)F)cn1. The number of amides is 2. The van der Waals surface area contributed by atoms with Gasteiger partial charge in [-0.3, -0.25) is 4.98 Å². The van der Waals surface area contributed by atoms with Gasteiger partial charge in [-0.1, -0.05) is 6.07 Å². The van der Waals surface area contributed by atoms with E-state index in [-0.39, 0.29) is 6.54 Å². The van der Waals surface area contributed by atoms with E-state index in [4.69, 9.17) is 5.11 Å². The lowest BCUT2D eigenvalue weighted by molar-refractivity contribution is -0.203. The van der Waals surface area contributed by atoms with Crippen molar-refractivity contribution in [3.63, 3.8) is 0 Å². The third-order valence-electron chi connectivity index (χ3n) is 2.78. The molecule has 1 atom stereocenters. The van der Waals surface area contributed by atoms with Crippen molar-refractivity contribution in [2.24, 2.45) is 0 Å². The maximum Gasteiger partial charge on any atom is 0.422 e. The highest BCUT2D eigenvalue weighted by Gasteiger charge is 2.58. The number of nitrogens with one attached hydrogen (secondary N) is 2. The molecule has 0 aliphatic carbocycles. The Labute approximate surface area is 118 Å². The zero-order chi connectivity index (χ0) is 16.3. The molecule has 1 aromatic heterocycles. The first kappa shape index (κ1) is 16.7. The number of aryl methyl sites for hydroxylation is 1. The van der Waals surface area contributed by atoms with Crippen LogP contribution in [0.1, 0.15) is 18.2 Å². The van der Waals surface area contributed by atoms with Crippen molar-refractivity contribution in [3.05, 3.63) is 29.6 Å². The second-order valence-electron chi connectivity index (χ2n) is 4.54. The Balaban J connectivity index is 2.67. The summed E-state index contributed by atoms with van der Waals surface area (Å²) in [4.78, 5) is 26.1. The summed E-state index contributed by atoms with van der Waals surface area (Å²) < 4.78 is 38.1. The van der Waals surface area contributed by atoms with Crippen molar-refractivity contribution < 1.29 is 27.9 Å². The van der Waals surface area contributed by atoms with Crippen LogP contribution in [0.25, 0.3) is 0 Å². The summed E-state index contributed by atoms with van der Waals surface area (Å²) in [5.74, 6) is -2.19. The van der Waals surface area contributed by atoms with E-state index >= 15 is 0 Å². The van der Waals surface area contributed by atoms with Gasteiger partial charge in [0.05, 0.1) is 0 Å². The molecule has 0 saturated carbocycles. The van der Waals surface area contributed by atoms with Crippen LogP contribution in [-0.2, 0) is 11.3 Å². The molecule has 2 amide bonds. The largest absolute Gasteiger partial charge is 0.479 e. The van der Waals surface area contributed by atoms with E-state index in [1.54, 1.807) is 19.1 Å². The van der Waals surface area contributed by atoms with Gasteiger partial charge in [0.15, 0.2) is 0 Å². The molecule has 116 valence electrons. The Morgan fingerprint density at radius 1 is 1.33 bits per heavy atom. The van der Waals surface area contributed by atoms with E-state index in [1.807, 2.05) is 0 Å². The number of pyridine rings is 1. The standard InChI is InChI=1S/C12H14F3N3O3/c1-7-3-4-8(5-16-7)6-17-10(21)18-11(2,9(19)20)12(13,14)15/h3-5H,6H2,1-2H3,(H,19,20)(H2,17,18,21). The average Bonchev–Trinajstić information content (AvgIpc) is 2.36. The van der Waals surface area contributed by atoms with Crippen molar-refractivity contribution >= 4 is 12.0 Å². The summed E-state index contributed by atoms with van der Waals surface area (Å²) in [5, 5.41) is 12.2. The Morgan fingerprint density at radius 2 is 1.95 bits per heavy atom. The lowest BCUT2D eigenvalue weighted by atomic mass is 10.0. The number of carboxylic acids is 1. The minimum absolute atomic E-state index is 0.0767. The number of hydrogen-bond acceptors (Lipinski definition) is 3. The van der Waals surface area contributed by atoms with Gasteiger partial charge in [-0.25, -0.2) is 9.59 Å². The number of carbonyl (C=O) groups excluding carboxylic acids is 1. The molecular weight excluding hydrogens is 291 g/mol. The molecule has 0 aliphatic rings. The zero-order valence-electron chi connectivity index (χ0n) is 11.3. The van der Waals surface area contributed by atoms with E-state index in [9.17, 15) is 22.8 Å². The summed E-state index contributed by atoms with van der Waals surface area (Å²) in [5.41, 5.74) is -2.04. The molecule has 1 unspecified atom stereocenters. The van der Waals surface area contributed by atoms with Crippen molar-refractivity contribution in [1.29, 1.82) is 0 Å². The Hall–Kier alpha value is -2.32. The molecule has 21 heavy (non-hydrogen) atoms. The fourth-order valence-corrected chi connectivity index (χ4v) is 1.30. The highest BCUT2D eigenvalue weighted by Crippen LogP contribution is 2.30. The molecule has 9 heteroatoms. The van der Waals surface area contributed by atoms with E-state index in [0.29, 0.717) is 12.5 Å². The van der Waals surface area contributed by atoms with Gasteiger partial charge >= 0.3 is 18.2 Å². The molecule has 0 aromatic carbocycles. The van der Waals surface area contributed by atoms with Gasteiger partial charge in [-0.2, -0.15) is 13.2 Å². The number of nitrogens with zero attached hydrogens (tertiary/aromatic N) is 1. The minimum atomic E-state index is -5.12. The number of alkyl halides is 3. The van der Waals surface area contributed by atoms with Crippen LogP contribution in [0.2, 0.25) is 0 Å². The van der Waals surface area contributed by atoms with Gasteiger partial charge in [0.25, 0.3) is 0 Å². The summed E-state index contributed by atoms with van der Waals surface area (Å²) in [6, 6.07) is 2.08. The van der Waals surface area contributed by atoms with Crippen LogP contribution in [0.4, 0.5) is 18.0 Å². The summed E-state index contributed by atoms with van der Waals surface area (Å²) in [6.45, 7) is 2.06. The highest BCUT2D eigenvalue weighted by molar-refractivity contribution is 5.86. The molecule has 6 nitrogen and oxygen atoms in total. The third-order valence-corrected chi connectivity index (χ3v) is 2.78. The van der Waals surface area contributed by atoms with Crippen LogP contribution >= 0.6 is 0 Å². The summed E-state index contributed by atoms with van der Waals surface area (Å²) in [7, 11) is 0. The summed E-state index contributed by atoms with van der Waals surface area (Å²) in [6.07, 6.45) is -3.67. The van der Waals surface area contributed by atoms with E-state index in [0.717, 1.165) is 5.69 Å². The molecule has 0 fully saturated rings. The van der Waals surface area contributed by atoms with Crippen LogP contribution in [0.3, 0.4) is 0 Å². The van der Waals surface area contributed by atoms with Gasteiger partial charge in [0.1, 0.15) is 0 Å². The van der Waals surface area contributed by atoms with E-state index in [1.165, 1.54) is 11.5 Å². The number of halogens is 3. The Morgan fingerprint density at radius 3 is 2.38 bits per heavy atom. The predicted molar refractivity (Wildman–Crippen MR) is 66.4 cm³/mol. The molecular formula is C12H14F3N3O3. The molecule has 0 bridgehead atoms. The predicted octanol–water partition coefficient (Wildman–Crippen LogP) is 1.59. The maximum absolute atomic E-state index is 12.7. The molecule has 3 N–H and O–H groups in total. The third kappa shape index (κ3) is 4.07. The second kappa shape index (κ2) is 5.98. The first-order chi connectivity index (χ1) is 9.56. The van der Waals surface area contributed by atoms with Crippen molar-refractivity contribution in [2.45, 2.75) is 32.1 Å². The number of aromatic nitrogens is 1. The number of aliphatic carboxylic acids is 1. The van der Waals surface area contributed by atoms with Crippen LogP contribution in [0, 0.1) is 6.92 Å². The molecule has 1 aromatic rings. The van der Waals surface area contributed by atoms with Gasteiger partial charge in [0, 0.05) is 18.4 Å². The van der Waals surface area contributed by atoms with E-state index < -0.39 is 23.7 Å². The van der Waals surface area contributed by atoms with Crippen molar-refractivity contribution in [1.82, 2.24) is 15.6 Å². The maximum atomic E-state index is 12.7. The number of rotatable bonds is 4. The number of urea groups is 1. The fraction of sp³-hybridized carbons (Fsp3) is 0.417. The van der Waals surface area contributed by atoms with Gasteiger partial charge in [0.2, 0.25) is 5.54 Å². The van der Waals surface area contributed by atoms with Crippen molar-refractivity contribution in [3.8, 4) is 0 Å². The topological polar surface area (TPSA) is 91.3 Å². The molecule has 0 aliphatic heterocycles. The zero-order valence-corrected chi connectivity index (χ0v) is 11.3. The highest BCUT2D eigenvalue weighted by atomic mass is 19.4. The number of hydrogen-bond donors (Lipinski definition) is 3.